The van der Waals surface area contributed by atoms with Crippen molar-refractivity contribution in [1.29, 1.82) is 0 Å². The fraction of sp³-hybridized carbons (Fsp3) is 0.720. The Kier molecular flexibility index (Phi) is 5.22. The lowest BCUT2D eigenvalue weighted by Crippen LogP contribution is -2.58. The first-order chi connectivity index (χ1) is 13.0. The smallest absolute Gasteiger partial charge is 0.153 e. The summed E-state index contributed by atoms with van der Waals surface area (Å²) >= 11 is 0. The van der Waals surface area contributed by atoms with Crippen LogP contribution >= 0.6 is 0 Å². The molecule has 1 aromatic carbocycles. The largest absolute Gasteiger partial charge is 0.298 e. The minimum atomic E-state index is -0.0330. The van der Waals surface area contributed by atoms with E-state index in [1.165, 1.54) is 43.2 Å². The third-order valence-corrected chi connectivity index (χ3v) is 7.76. The summed E-state index contributed by atoms with van der Waals surface area (Å²) in [6.07, 6.45) is 9.73. The SMILES string of the molecule is CCCN(CCC)CC(=O)C12CC3CC(C1)CC(c1ccc(C)cc1)(C3)C2. The molecule has 4 saturated carbocycles. The molecule has 0 N–H and O–H groups in total. The zero-order valence-electron chi connectivity index (χ0n) is 17.6. The van der Waals surface area contributed by atoms with Gasteiger partial charge in [0.2, 0.25) is 0 Å². The van der Waals surface area contributed by atoms with E-state index >= 15 is 0 Å². The first-order valence-electron chi connectivity index (χ1n) is 11.3. The summed E-state index contributed by atoms with van der Waals surface area (Å²) in [7, 11) is 0. The summed E-state index contributed by atoms with van der Waals surface area (Å²) in [5, 5.41) is 0. The summed E-state index contributed by atoms with van der Waals surface area (Å²) in [4.78, 5) is 16.1. The van der Waals surface area contributed by atoms with Gasteiger partial charge in [0.15, 0.2) is 5.78 Å². The van der Waals surface area contributed by atoms with Gasteiger partial charge in [0.05, 0.1) is 6.54 Å². The van der Waals surface area contributed by atoms with Crippen molar-refractivity contribution in [2.24, 2.45) is 17.3 Å². The number of ketones is 1. The van der Waals surface area contributed by atoms with Gasteiger partial charge in [-0.1, -0.05) is 43.7 Å². The summed E-state index contributed by atoms with van der Waals surface area (Å²) in [6, 6.07) is 9.27. The van der Waals surface area contributed by atoms with Crippen LogP contribution in [0, 0.1) is 24.2 Å². The Morgan fingerprint density at radius 3 is 2.15 bits per heavy atom. The Morgan fingerprint density at radius 2 is 1.59 bits per heavy atom. The predicted octanol–water partition coefficient (Wildman–Crippen LogP) is 5.52. The van der Waals surface area contributed by atoms with Gasteiger partial charge in [-0.2, -0.15) is 0 Å². The van der Waals surface area contributed by atoms with Crippen molar-refractivity contribution in [3.8, 4) is 0 Å². The first kappa shape index (κ1) is 19.2. The van der Waals surface area contributed by atoms with Crippen LogP contribution in [0.1, 0.15) is 76.3 Å². The molecule has 0 saturated heterocycles. The van der Waals surface area contributed by atoms with Gasteiger partial charge >= 0.3 is 0 Å². The van der Waals surface area contributed by atoms with Crippen LogP contribution in [0.25, 0.3) is 0 Å². The Hall–Kier alpha value is -1.15. The number of carbonyl (C=O) groups excluding carboxylic acids is 1. The van der Waals surface area contributed by atoms with Crippen molar-refractivity contribution in [2.75, 3.05) is 19.6 Å². The minimum Gasteiger partial charge on any atom is -0.298 e. The molecule has 4 aliphatic rings. The lowest BCUT2D eigenvalue weighted by molar-refractivity contribution is -0.148. The van der Waals surface area contributed by atoms with Gasteiger partial charge in [-0.3, -0.25) is 9.69 Å². The highest BCUT2D eigenvalue weighted by Gasteiger charge is 2.60. The Labute approximate surface area is 165 Å². The van der Waals surface area contributed by atoms with Crippen LogP contribution < -0.4 is 0 Å². The molecule has 5 rings (SSSR count). The van der Waals surface area contributed by atoms with E-state index in [4.69, 9.17) is 0 Å². The van der Waals surface area contributed by atoms with Crippen LogP contribution in [0.4, 0.5) is 0 Å². The molecule has 0 spiro atoms. The molecule has 2 heteroatoms. The molecule has 4 aliphatic carbocycles. The summed E-state index contributed by atoms with van der Waals surface area (Å²) in [5.41, 5.74) is 3.09. The Bertz CT molecular complexity index is 656. The minimum absolute atomic E-state index is 0.0330. The second-order valence-electron chi connectivity index (χ2n) is 10.1. The number of aryl methyl sites for hydroxylation is 1. The van der Waals surface area contributed by atoms with Crippen LogP contribution in [0.2, 0.25) is 0 Å². The topological polar surface area (TPSA) is 20.3 Å². The summed E-state index contributed by atoms with van der Waals surface area (Å²) in [6.45, 7) is 9.43. The van der Waals surface area contributed by atoms with Crippen molar-refractivity contribution in [3.63, 3.8) is 0 Å². The number of rotatable bonds is 8. The average molecular weight is 368 g/mol. The molecule has 2 nitrogen and oxygen atoms in total. The van der Waals surface area contributed by atoms with E-state index < -0.39 is 0 Å². The number of nitrogens with zero attached hydrogens (tertiary/aromatic N) is 1. The monoisotopic (exact) mass is 367 g/mol. The van der Waals surface area contributed by atoms with E-state index in [0.717, 1.165) is 44.2 Å². The van der Waals surface area contributed by atoms with E-state index in [1.807, 2.05) is 0 Å². The second-order valence-corrected chi connectivity index (χ2v) is 10.1. The number of hydrogen-bond acceptors (Lipinski definition) is 2. The molecule has 0 heterocycles. The molecular formula is C25H37NO. The lowest BCUT2D eigenvalue weighted by atomic mass is 9.42. The van der Waals surface area contributed by atoms with E-state index in [2.05, 4.69) is 49.9 Å². The number of hydrogen-bond donors (Lipinski definition) is 0. The van der Waals surface area contributed by atoms with Gasteiger partial charge < -0.3 is 0 Å². The molecule has 4 bridgehead atoms. The fourth-order valence-corrected chi connectivity index (χ4v) is 7.11. The maximum Gasteiger partial charge on any atom is 0.153 e. The highest BCUT2D eigenvalue weighted by molar-refractivity contribution is 5.87. The molecule has 2 unspecified atom stereocenters. The van der Waals surface area contributed by atoms with E-state index in [-0.39, 0.29) is 10.8 Å². The third-order valence-electron chi connectivity index (χ3n) is 7.76. The molecule has 4 fully saturated rings. The predicted molar refractivity (Wildman–Crippen MR) is 112 cm³/mol. The molecule has 0 aromatic heterocycles. The highest BCUT2D eigenvalue weighted by Crippen LogP contribution is 2.66. The van der Waals surface area contributed by atoms with Crippen molar-refractivity contribution < 1.29 is 4.79 Å². The molecule has 0 amide bonds. The molecule has 1 aromatic rings. The van der Waals surface area contributed by atoms with Gasteiger partial charge in [-0.25, -0.2) is 0 Å². The highest BCUT2D eigenvalue weighted by atomic mass is 16.1. The number of carbonyl (C=O) groups is 1. The normalized spacial score (nSPS) is 34.4. The van der Waals surface area contributed by atoms with Crippen LogP contribution in [0.5, 0.6) is 0 Å². The maximum atomic E-state index is 13.6. The average Bonchev–Trinajstić information content (AvgIpc) is 2.61. The summed E-state index contributed by atoms with van der Waals surface area (Å²) < 4.78 is 0. The molecule has 0 radical (unpaired) electrons. The Morgan fingerprint density at radius 1 is 1.00 bits per heavy atom. The van der Waals surface area contributed by atoms with Crippen LogP contribution in [-0.4, -0.2) is 30.3 Å². The molecule has 2 atom stereocenters. The second kappa shape index (κ2) is 7.35. The lowest BCUT2D eigenvalue weighted by Gasteiger charge is -2.62. The van der Waals surface area contributed by atoms with E-state index in [9.17, 15) is 4.79 Å². The molecular weight excluding hydrogens is 330 g/mol. The molecule has 27 heavy (non-hydrogen) atoms. The van der Waals surface area contributed by atoms with Gasteiger partial charge in [-0.05, 0) is 94.2 Å². The van der Waals surface area contributed by atoms with Gasteiger partial charge in [0, 0.05) is 5.41 Å². The molecule has 0 aliphatic heterocycles. The number of Topliss-reactive ketones (excluding diaryl/α,β-unsaturated/α-hetero) is 1. The van der Waals surface area contributed by atoms with E-state index in [1.54, 1.807) is 0 Å². The third kappa shape index (κ3) is 3.50. The zero-order chi connectivity index (χ0) is 19.1. The van der Waals surface area contributed by atoms with Crippen LogP contribution in [0.3, 0.4) is 0 Å². The summed E-state index contributed by atoms with van der Waals surface area (Å²) in [5.74, 6) is 2.10. The van der Waals surface area contributed by atoms with Gasteiger partial charge in [0.1, 0.15) is 0 Å². The maximum absolute atomic E-state index is 13.6. The van der Waals surface area contributed by atoms with Crippen molar-refractivity contribution >= 4 is 5.78 Å². The first-order valence-corrected chi connectivity index (χ1v) is 11.3. The van der Waals surface area contributed by atoms with Crippen molar-refractivity contribution in [1.82, 2.24) is 4.90 Å². The number of benzene rings is 1. The molecule has 148 valence electrons. The van der Waals surface area contributed by atoms with Crippen molar-refractivity contribution in [3.05, 3.63) is 35.4 Å². The van der Waals surface area contributed by atoms with E-state index in [0.29, 0.717) is 12.3 Å². The zero-order valence-corrected chi connectivity index (χ0v) is 17.6. The van der Waals surface area contributed by atoms with Crippen molar-refractivity contribution in [2.45, 2.75) is 77.6 Å². The van der Waals surface area contributed by atoms with Crippen LogP contribution in [0.15, 0.2) is 24.3 Å². The van der Waals surface area contributed by atoms with Gasteiger partial charge in [-0.15, -0.1) is 0 Å². The quantitative estimate of drug-likeness (QED) is 0.602. The fourth-order valence-electron chi connectivity index (χ4n) is 7.11. The van der Waals surface area contributed by atoms with Gasteiger partial charge in [0.25, 0.3) is 0 Å². The standard InChI is InChI=1S/C25H37NO/c1-4-10-26(11-5-2)17-23(27)25-15-20-12-21(16-25)14-24(13-20,18-25)22-8-6-19(3)7-9-22/h6-9,20-21H,4-5,10-18H2,1-3H3. The Balaban J connectivity index is 1.59. The van der Waals surface area contributed by atoms with Crippen LogP contribution in [-0.2, 0) is 10.2 Å².